The van der Waals surface area contributed by atoms with Crippen LogP contribution in [0.5, 0.6) is 0 Å². The quantitative estimate of drug-likeness (QED) is 0.625. The summed E-state index contributed by atoms with van der Waals surface area (Å²) in [6.07, 6.45) is -6.31. The van der Waals surface area contributed by atoms with Gasteiger partial charge < -0.3 is 10.1 Å². The molecule has 0 aromatic rings. The number of halogens is 7. The van der Waals surface area contributed by atoms with Crippen molar-refractivity contribution >= 4 is 11.9 Å². The van der Waals surface area contributed by atoms with Crippen molar-refractivity contribution in [3.8, 4) is 0 Å². The van der Waals surface area contributed by atoms with Crippen LogP contribution in [-0.4, -0.2) is 43.0 Å². The first-order valence-electron chi connectivity index (χ1n) is 6.55. The van der Waals surface area contributed by atoms with E-state index in [2.05, 4.69) is 4.74 Å². The molecule has 1 aliphatic rings. The fourth-order valence-corrected chi connectivity index (χ4v) is 2.24. The number of alkyl halides is 7. The molecule has 1 rings (SSSR count). The van der Waals surface area contributed by atoms with Crippen LogP contribution in [0.4, 0.5) is 30.7 Å². The molecule has 1 fully saturated rings. The molecule has 4 nitrogen and oxygen atoms in total. The van der Waals surface area contributed by atoms with Crippen LogP contribution in [0.3, 0.4) is 0 Å². The molecule has 0 aliphatic heterocycles. The Kier molecular flexibility index (Phi) is 5.53. The summed E-state index contributed by atoms with van der Waals surface area (Å²) in [6.45, 7) is 0. The maximum Gasteiger partial charge on any atom is 0.460 e. The van der Waals surface area contributed by atoms with Crippen LogP contribution in [0, 0.1) is 5.92 Å². The summed E-state index contributed by atoms with van der Waals surface area (Å²) in [6, 6.07) is -1.02. The summed E-state index contributed by atoms with van der Waals surface area (Å²) in [7, 11) is 1.15. The average molecular weight is 353 g/mol. The van der Waals surface area contributed by atoms with Gasteiger partial charge in [-0.3, -0.25) is 9.59 Å². The highest BCUT2D eigenvalue weighted by atomic mass is 19.4. The Hall–Kier alpha value is -1.55. The van der Waals surface area contributed by atoms with Gasteiger partial charge in [-0.05, 0) is 25.7 Å². The molecule has 23 heavy (non-hydrogen) atoms. The third-order valence-corrected chi connectivity index (χ3v) is 3.63. The fourth-order valence-electron chi connectivity index (χ4n) is 2.24. The van der Waals surface area contributed by atoms with Crippen LogP contribution in [0.1, 0.15) is 25.7 Å². The normalized spacial score (nSPS) is 23.3. The molecule has 0 atom stereocenters. The maximum absolute atomic E-state index is 13.1. The number of carbonyl (C=O) groups excluding carboxylic acids is 2. The lowest BCUT2D eigenvalue weighted by Crippen LogP contribution is -2.60. The largest absolute Gasteiger partial charge is 0.469 e. The number of rotatable bonds is 4. The molecule has 134 valence electrons. The first kappa shape index (κ1) is 19.5. The minimum atomic E-state index is -6.56. The van der Waals surface area contributed by atoms with Crippen molar-refractivity contribution in [3.05, 3.63) is 0 Å². The Morgan fingerprint density at radius 2 is 1.43 bits per heavy atom. The molecule has 1 amide bonds. The van der Waals surface area contributed by atoms with Gasteiger partial charge in [0, 0.05) is 6.04 Å². The van der Waals surface area contributed by atoms with Crippen molar-refractivity contribution in [1.82, 2.24) is 5.32 Å². The third kappa shape index (κ3) is 3.86. The second kappa shape index (κ2) is 6.52. The van der Waals surface area contributed by atoms with Gasteiger partial charge in [-0.15, -0.1) is 0 Å². The number of hydrogen-bond donors (Lipinski definition) is 1. The standard InChI is InChI=1S/C12H14F7NO3/c1-23-8(21)6-2-4-7(5-3-6)20-9(22)10(13,14)11(15,16)12(17,18)19/h6-7H,2-5H2,1H3,(H,20,22). The number of ether oxygens (including phenoxy) is 1. The number of hydrogen-bond acceptors (Lipinski definition) is 3. The average Bonchev–Trinajstić information content (AvgIpc) is 2.45. The molecule has 0 unspecified atom stereocenters. The molecular formula is C12H14F7NO3. The van der Waals surface area contributed by atoms with Gasteiger partial charge >= 0.3 is 24.0 Å². The third-order valence-electron chi connectivity index (χ3n) is 3.63. The van der Waals surface area contributed by atoms with Crippen molar-refractivity contribution < 1.29 is 45.1 Å². The van der Waals surface area contributed by atoms with E-state index in [1.165, 1.54) is 5.32 Å². The first-order chi connectivity index (χ1) is 10.3. The van der Waals surface area contributed by atoms with Gasteiger partial charge in [0.1, 0.15) is 0 Å². The molecule has 0 saturated heterocycles. The van der Waals surface area contributed by atoms with Gasteiger partial charge in [0.25, 0.3) is 5.91 Å². The number of esters is 1. The lowest BCUT2D eigenvalue weighted by Gasteiger charge is -2.31. The number of carbonyl (C=O) groups is 2. The molecule has 0 aromatic heterocycles. The summed E-state index contributed by atoms with van der Waals surface area (Å²) < 4.78 is 92.2. The molecule has 1 aliphatic carbocycles. The zero-order chi connectivity index (χ0) is 18.1. The lowest BCUT2D eigenvalue weighted by molar-refractivity contribution is -0.344. The molecule has 0 radical (unpaired) electrons. The molecular weight excluding hydrogens is 339 g/mol. The van der Waals surface area contributed by atoms with E-state index in [0.29, 0.717) is 0 Å². The van der Waals surface area contributed by atoms with E-state index >= 15 is 0 Å². The van der Waals surface area contributed by atoms with E-state index in [9.17, 15) is 40.3 Å². The summed E-state index contributed by atoms with van der Waals surface area (Å²) in [5, 5.41) is 1.49. The first-order valence-corrected chi connectivity index (χ1v) is 6.55. The Balaban J connectivity index is 2.69. The molecule has 0 aromatic carbocycles. The van der Waals surface area contributed by atoms with Crippen LogP contribution in [-0.2, 0) is 14.3 Å². The summed E-state index contributed by atoms with van der Waals surface area (Å²) in [5.41, 5.74) is 0. The zero-order valence-electron chi connectivity index (χ0n) is 11.9. The van der Waals surface area contributed by atoms with Crippen LogP contribution >= 0.6 is 0 Å². The monoisotopic (exact) mass is 353 g/mol. The van der Waals surface area contributed by atoms with Gasteiger partial charge in [-0.1, -0.05) is 0 Å². The van der Waals surface area contributed by atoms with E-state index in [-0.39, 0.29) is 25.7 Å². The predicted octanol–water partition coefficient (Wildman–Crippen LogP) is 2.67. The summed E-state index contributed by atoms with van der Waals surface area (Å²) in [4.78, 5) is 22.4. The van der Waals surface area contributed by atoms with E-state index in [0.717, 1.165) is 7.11 Å². The molecule has 11 heteroatoms. The van der Waals surface area contributed by atoms with Gasteiger partial charge in [0.05, 0.1) is 13.0 Å². The highest BCUT2D eigenvalue weighted by Gasteiger charge is 2.76. The second-order valence-electron chi connectivity index (χ2n) is 5.19. The number of nitrogens with one attached hydrogen (secondary N) is 1. The van der Waals surface area contributed by atoms with Crippen LogP contribution in [0.25, 0.3) is 0 Å². The van der Waals surface area contributed by atoms with Gasteiger partial charge in [-0.25, -0.2) is 0 Å². The molecule has 0 heterocycles. The van der Waals surface area contributed by atoms with Gasteiger partial charge in [0.2, 0.25) is 0 Å². The molecule has 0 bridgehead atoms. The van der Waals surface area contributed by atoms with E-state index in [4.69, 9.17) is 0 Å². The van der Waals surface area contributed by atoms with Crippen LogP contribution in [0.15, 0.2) is 0 Å². The van der Waals surface area contributed by atoms with Crippen molar-refractivity contribution in [2.75, 3.05) is 7.11 Å². The number of methoxy groups -OCH3 is 1. The minimum Gasteiger partial charge on any atom is -0.469 e. The lowest BCUT2D eigenvalue weighted by atomic mass is 9.86. The smallest absolute Gasteiger partial charge is 0.460 e. The maximum atomic E-state index is 13.1. The summed E-state index contributed by atoms with van der Waals surface area (Å²) >= 11 is 0. The van der Waals surface area contributed by atoms with Crippen LogP contribution < -0.4 is 5.32 Å². The topological polar surface area (TPSA) is 55.4 Å². The molecule has 1 saturated carbocycles. The second-order valence-corrected chi connectivity index (χ2v) is 5.19. The van der Waals surface area contributed by atoms with Crippen molar-refractivity contribution in [3.63, 3.8) is 0 Å². The number of amides is 1. The minimum absolute atomic E-state index is 0.0147. The predicted molar refractivity (Wildman–Crippen MR) is 61.9 cm³/mol. The van der Waals surface area contributed by atoms with E-state index in [1.54, 1.807) is 0 Å². The Bertz CT molecular complexity index is 456. The Morgan fingerprint density at radius 1 is 0.957 bits per heavy atom. The van der Waals surface area contributed by atoms with E-state index in [1.807, 2.05) is 0 Å². The van der Waals surface area contributed by atoms with E-state index < -0.39 is 41.9 Å². The molecule has 0 spiro atoms. The van der Waals surface area contributed by atoms with Crippen molar-refractivity contribution in [1.29, 1.82) is 0 Å². The molecule has 1 N–H and O–H groups in total. The summed E-state index contributed by atoms with van der Waals surface area (Å²) in [5.74, 6) is -16.2. The van der Waals surface area contributed by atoms with Gasteiger partial charge in [-0.2, -0.15) is 30.7 Å². The Labute approximate surface area is 126 Å². The van der Waals surface area contributed by atoms with Crippen molar-refractivity contribution in [2.45, 2.75) is 49.7 Å². The SMILES string of the molecule is COC(=O)C1CCC(NC(=O)C(F)(F)C(F)(F)C(F)(F)F)CC1. The Morgan fingerprint density at radius 3 is 1.83 bits per heavy atom. The van der Waals surface area contributed by atoms with Crippen LogP contribution in [0.2, 0.25) is 0 Å². The fraction of sp³-hybridized carbons (Fsp3) is 0.833. The van der Waals surface area contributed by atoms with Gasteiger partial charge in [0.15, 0.2) is 0 Å². The highest BCUT2D eigenvalue weighted by Crippen LogP contribution is 2.46. The van der Waals surface area contributed by atoms with Crippen molar-refractivity contribution in [2.24, 2.45) is 5.92 Å². The highest BCUT2D eigenvalue weighted by molar-refractivity contribution is 5.85. The zero-order valence-corrected chi connectivity index (χ0v) is 11.9.